The second-order valence-corrected chi connectivity index (χ2v) is 6.38. The Morgan fingerprint density at radius 1 is 1.07 bits per heavy atom. The highest BCUT2D eigenvalue weighted by molar-refractivity contribution is 5.77. The number of aryl methyl sites for hydroxylation is 2. The van der Waals surface area contributed by atoms with E-state index in [0.717, 1.165) is 5.56 Å². The van der Waals surface area contributed by atoms with Gasteiger partial charge in [0.15, 0.2) is 0 Å². The van der Waals surface area contributed by atoms with E-state index >= 15 is 0 Å². The van der Waals surface area contributed by atoms with Crippen LogP contribution in [-0.2, 0) is 4.79 Å². The lowest BCUT2D eigenvalue weighted by atomic mass is 9.86. The van der Waals surface area contributed by atoms with Gasteiger partial charge in [0.2, 0.25) is 5.91 Å². The Labute approximate surface area is 158 Å². The Morgan fingerprint density at radius 3 is 2.52 bits per heavy atom. The zero-order valence-corrected chi connectivity index (χ0v) is 15.5. The number of rotatable bonds is 8. The number of carbonyl (C=O) groups is 1. The van der Waals surface area contributed by atoms with Crippen LogP contribution < -0.4 is 10.1 Å². The van der Waals surface area contributed by atoms with Gasteiger partial charge in [-0.3, -0.25) is 4.79 Å². The predicted octanol–water partition coefficient (Wildman–Crippen LogP) is 3.40. The molecule has 140 valence electrons. The summed E-state index contributed by atoms with van der Waals surface area (Å²) in [6, 6.07) is 18.3. The summed E-state index contributed by atoms with van der Waals surface area (Å²) in [5.74, 6) is 0.340. The third-order valence-corrected chi connectivity index (χ3v) is 4.43. The van der Waals surface area contributed by atoms with Crippen LogP contribution in [0.2, 0.25) is 0 Å². The van der Waals surface area contributed by atoms with Crippen LogP contribution in [0, 0.1) is 13.8 Å². The lowest BCUT2D eigenvalue weighted by Crippen LogP contribution is -2.29. The van der Waals surface area contributed by atoms with E-state index in [2.05, 4.69) is 51.4 Å². The molecule has 3 aromatic rings. The van der Waals surface area contributed by atoms with E-state index in [1.165, 1.54) is 11.1 Å². The molecule has 1 N–H and O–H groups in total. The standard InChI is InChI=1S/C21H23N3O3/c1-15-8-6-7-11-18(15)19(17-9-4-3-5-10-17)14-20(25)22-12-13-26-21-16(2)23-27-24-21/h3-11,19H,12-14H2,1-2H3,(H,22,25)/t19-/m0/s1. The summed E-state index contributed by atoms with van der Waals surface area (Å²) in [6.07, 6.45) is 0.374. The number of nitrogens with zero attached hydrogens (tertiary/aromatic N) is 2. The number of aromatic nitrogens is 2. The van der Waals surface area contributed by atoms with Crippen molar-refractivity contribution in [3.8, 4) is 5.88 Å². The fraction of sp³-hybridized carbons (Fsp3) is 0.286. The Morgan fingerprint density at radius 2 is 1.81 bits per heavy atom. The van der Waals surface area contributed by atoms with Crippen molar-refractivity contribution in [3.63, 3.8) is 0 Å². The van der Waals surface area contributed by atoms with Crippen LogP contribution >= 0.6 is 0 Å². The lowest BCUT2D eigenvalue weighted by Gasteiger charge is -2.20. The molecule has 0 aliphatic carbocycles. The summed E-state index contributed by atoms with van der Waals surface area (Å²) in [4.78, 5) is 12.5. The first-order chi connectivity index (χ1) is 13.1. The molecular formula is C21H23N3O3. The van der Waals surface area contributed by atoms with E-state index in [1.54, 1.807) is 6.92 Å². The Bertz CT molecular complexity index is 877. The fourth-order valence-corrected chi connectivity index (χ4v) is 3.02. The molecule has 0 radical (unpaired) electrons. The number of nitrogens with one attached hydrogen (secondary N) is 1. The quantitative estimate of drug-likeness (QED) is 0.619. The van der Waals surface area contributed by atoms with Crippen LogP contribution in [-0.4, -0.2) is 29.4 Å². The average Bonchev–Trinajstić information content (AvgIpc) is 3.09. The van der Waals surface area contributed by atoms with Crippen molar-refractivity contribution in [2.75, 3.05) is 13.2 Å². The highest BCUT2D eigenvalue weighted by Crippen LogP contribution is 2.30. The van der Waals surface area contributed by atoms with E-state index in [-0.39, 0.29) is 11.8 Å². The van der Waals surface area contributed by atoms with Gasteiger partial charge in [-0.2, -0.15) is 0 Å². The molecule has 27 heavy (non-hydrogen) atoms. The van der Waals surface area contributed by atoms with E-state index in [4.69, 9.17) is 4.74 Å². The first kappa shape index (κ1) is 18.6. The summed E-state index contributed by atoms with van der Waals surface area (Å²) < 4.78 is 10.0. The molecule has 6 heteroatoms. The number of carbonyl (C=O) groups excluding carboxylic acids is 1. The average molecular weight is 365 g/mol. The van der Waals surface area contributed by atoms with Gasteiger partial charge in [-0.05, 0) is 35.7 Å². The number of hydrogen-bond donors (Lipinski definition) is 1. The van der Waals surface area contributed by atoms with Crippen LogP contribution in [0.15, 0.2) is 59.2 Å². The molecule has 1 amide bonds. The van der Waals surface area contributed by atoms with Gasteiger partial charge in [0.05, 0.1) is 6.54 Å². The summed E-state index contributed by atoms with van der Waals surface area (Å²) in [5.41, 5.74) is 4.06. The zero-order chi connectivity index (χ0) is 19.1. The number of benzene rings is 2. The molecule has 0 unspecified atom stereocenters. The maximum absolute atomic E-state index is 12.5. The minimum atomic E-state index is -0.0225. The first-order valence-corrected chi connectivity index (χ1v) is 8.94. The molecule has 0 saturated heterocycles. The molecule has 1 aromatic heterocycles. The molecule has 0 bridgehead atoms. The topological polar surface area (TPSA) is 77.2 Å². The minimum Gasteiger partial charge on any atom is -0.472 e. The molecule has 0 aliphatic heterocycles. The van der Waals surface area contributed by atoms with Gasteiger partial charge in [0, 0.05) is 12.3 Å². The second kappa shape index (κ2) is 8.98. The smallest absolute Gasteiger partial charge is 0.278 e. The molecule has 1 atom stereocenters. The summed E-state index contributed by atoms with van der Waals surface area (Å²) in [7, 11) is 0. The van der Waals surface area contributed by atoms with Crippen molar-refractivity contribution in [2.24, 2.45) is 0 Å². The normalized spacial score (nSPS) is 11.8. The van der Waals surface area contributed by atoms with Crippen LogP contribution in [0.4, 0.5) is 0 Å². The van der Waals surface area contributed by atoms with Gasteiger partial charge in [0.25, 0.3) is 5.88 Å². The van der Waals surface area contributed by atoms with Crippen molar-refractivity contribution in [1.82, 2.24) is 15.6 Å². The van der Waals surface area contributed by atoms with Gasteiger partial charge in [-0.15, -0.1) is 0 Å². The second-order valence-electron chi connectivity index (χ2n) is 6.38. The van der Waals surface area contributed by atoms with Crippen molar-refractivity contribution in [2.45, 2.75) is 26.2 Å². The Kier molecular flexibility index (Phi) is 6.20. The van der Waals surface area contributed by atoms with Crippen LogP contribution in [0.5, 0.6) is 5.88 Å². The molecule has 0 fully saturated rings. The third kappa shape index (κ3) is 4.94. The maximum Gasteiger partial charge on any atom is 0.278 e. The Hall–Kier alpha value is -3.15. The Balaban J connectivity index is 1.61. The van der Waals surface area contributed by atoms with Gasteiger partial charge in [0.1, 0.15) is 12.3 Å². The van der Waals surface area contributed by atoms with Crippen molar-refractivity contribution in [1.29, 1.82) is 0 Å². The molecule has 6 nitrogen and oxygen atoms in total. The number of amides is 1. The summed E-state index contributed by atoms with van der Waals surface area (Å²) in [6.45, 7) is 4.52. The summed E-state index contributed by atoms with van der Waals surface area (Å²) in [5, 5.41) is 10.2. The van der Waals surface area contributed by atoms with Crippen molar-refractivity contribution in [3.05, 3.63) is 77.0 Å². The molecule has 0 spiro atoms. The first-order valence-electron chi connectivity index (χ1n) is 8.94. The number of ether oxygens (including phenoxy) is 1. The van der Waals surface area contributed by atoms with E-state index in [0.29, 0.717) is 31.1 Å². The molecular weight excluding hydrogens is 342 g/mol. The molecule has 2 aromatic carbocycles. The molecule has 0 saturated carbocycles. The van der Waals surface area contributed by atoms with Gasteiger partial charge < -0.3 is 10.1 Å². The van der Waals surface area contributed by atoms with Crippen LogP contribution in [0.1, 0.15) is 34.7 Å². The van der Waals surface area contributed by atoms with Crippen LogP contribution in [0.25, 0.3) is 0 Å². The third-order valence-electron chi connectivity index (χ3n) is 4.43. The largest absolute Gasteiger partial charge is 0.472 e. The van der Waals surface area contributed by atoms with E-state index in [9.17, 15) is 4.79 Å². The monoisotopic (exact) mass is 365 g/mol. The SMILES string of the molecule is Cc1ccccc1[C@@H](CC(=O)NCCOc1nonc1C)c1ccccc1. The molecule has 0 aliphatic rings. The van der Waals surface area contributed by atoms with Gasteiger partial charge >= 0.3 is 0 Å². The highest BCUT2D eigenvalue weighted by atomic mass is 16.6. The van der Waals surface area contributed by atoms with Crippen molar-refractivity contribution >= 4 is 5.91 Å². The van der Waals surface area contributed by atoms with Gasteiger partial charge in [-0.1, -0.05) is 59.8 Å². The van der Waals surface area contributed by atoms with E-state index in [1.807, 2.05) is 30.3 Å². The highest BCUT2D eigenvalue weighted by Gasteiger charge is 2.19. The van der Waals surface area contributed by atoms with Gasteiger partial charge in [-0.25, -0.2) is 4.63 Å². The summed E-state index contributed by atoms with van der Waals surface area (Å²) >= 11 is 0. The minimum absolute atomic E-state index is 0.00954. The zero-order valence-electron chi connectivity index (χ0n) is 15.5. The van der Waals surface area contributed by atoms with Crippen LogP contribution in [0.3, 0.4) is 0 Å². The van der Waals surface area contributed by atoms with Crippen molar-refractivity contribution < 1.29 is 14.2 Å². The maximum atomic E-state index is 12.5. The predicted molar refractivity (Wildman–Crippen MR) is 102 cm³/mol. The lowest BCUT2D eigenvalue weighted by molar-refractivity contribution is -0.121. The molecule has 1 heterocycles. The molecule has 3 rings (SSSR count). The number of hydrogen-bond acceptors (Lipinski definition) is 5. The van der Waals surface area contributed by atoms with E-state index < -0.39 is 0 Å². The fourth-order valence-electron chi connectivity index (χ4n) is 3.02.